The molecule has 1 aromatic carbocycles. The van der Waals surface area contributed by atoms with Crippen LogP contribution in [-0.4, -0.2) is 25.7 Å². The molecule has 0 saturated carbocycles. The maximum Gasteiger partial charge on any atom is 0.247 e. The van der Waals surface area contributed by atoms with E-state index >= 15 is 0 Å². The molecule has 0 atom stereocenters. The van der Waals surface area contributed by atoms with E-state index in [0.717, 1.165) is 5.69 Å². The van der Waals surface area contributed by atoms with Crippen LogP contribution in [0.1, 0.15) is 6.92 Å². The number of hydrogen-bond donors (Lipinski definition) is 1. The first-order chi connectivity index (χ1) is 7.25. The maximum atomic E-state index is 11.6. The molecule has 80 valence electrons. The Morgan fingerprint density at radius 2 is 2.13 bits per heavy atom. The van der Waals surface area contributed by atoms with Gasteiger partial charge in [-0.3, -0.25) is 4.79 Å². The number of anilines is 1. The van der Waals surface area contributed by atoms with Crippen LogP contribution in [0.2, 0.25) is 0 Å². The van der Waals surface area contributed by atoms with Gasteiger partial charge >= 0.3 is 0 Å². The number of nitrogens with zero attached hydrogens (tertiary/aromatic N) is 2. The molecule has 0 fully saturated rings. The lowest BCUT2D eigenvalue weighted by Gasteiger charge is -2.16. The minimum absolute atomic E-state index is 0.0215. The Kier molecular flexibility index (Phi) is 4.34. The molecule has 0 unspecified atom stereocenters. The average Bonchev–Trinajstić information content (AvgIpc) is 2.29. The molecule has 0 bridgehead atoms. The van der Waals surface area contributed by atoms with Crippen molar-refractivity contribution in [1.82, 2.24) is 5.43 Å². The minimum atomic E-state index is -0.0215. The number of likely N-dealkylation sites (N-methyl/N-ethyl adjacent to an activating group) is 1. The highest BCUT2D eigenvalue weighted by molar-refractivity contribution is 5.94. The summed E-state index contributed by atoms with van der Waals surface area (Å²) in [5.74, 6) is -0.0215. The van der Waals surface area contributed by atoms with E-state index in [2.05, 4.69) is 10.5 Å². The first-order valence-electron chi connectivity index (χ1n) is 4.78. The molecule has 4 nitrogen and oxygen atoms in total. The molecule has 1 rings (SSSR count). The van der Waals surface area contributed by atoms with Gasteiger partial charge in [-0.05, 0) is 19.1 Å². The van der Waals surface area contributed by atoms with E-state index in [1.807, 2.05) is 30.3 Å². The third-order valence-corrected chi connectivity index (χ3v) is 1.97. The third-order valence-electron chi connectivity index (χ3n) is 1.97. The second-order valence-electron chi connectivity index (χ2n) is 3.01. The number of amides is 1. The Bertz CT molecular complexity index is 335. The Morgan fingerprint density at radius 1 is 1.47 bits per heavy atom. The van der Waals surface area contributed by atoms with Gasteiger partial charge < -0.3 is 10.3 Å². The lowest BCUT2D eigenvalue weighted by molar-refractivity contribution is -0.117. The van der Waals surface area contributed by atoms with Crippen LogP contribution >= 0.6 is 0 Å². The molecule has 0 saturated heterocycles. The summed E-state index contributed by atoms with van der Waals surface area (Å²) in [4.78, 5) is 13.2. The van der Waals surface area contributed by atoms with Crippen molar-refractivity contribution in [2.45, 2.75) is 6.92 Å². The van der Waals surface area contributed by atoms with Crippen LogP contribution in [0.3, 0.4) is 0 Å². The first-order valence-corrected chi connectivity index (χ1v) is 4.78. The largest absolute Gasteiger partial charge is 0.314 e. The Labute approximate surface area is 89.6 Å². The molecule has 0 aliphatic carbocycles. The zero-order valence-electron chi connectivity index (χ0n) is 8.97. The average molecular weight is 205 g/mol. The highest BCUT2D eigenvalue weighted by Gasteiger charge is 2.08. The van der Waals surface area contributed by atoms with Gasteiger partial charge in [-0.2, -0.15) is 5.10 Å². The van der Waals surface area contributed by atoms with Gasteiger partial charge in [0.05, 0.1) is 0 Å². The summed E-state index contributed by atoms with van der Waals surface area (Å²) in [7, 11) is 1.75. The van der Waals surface area contributed by atoms with Crippen LogP contribution in [0, 0.1) is 0 Å². The zero-order valence-corrected chi connectivity index (χ0v) is 8.97. The van der Waals surface area contributed by atoms with Crippen LogP contribution in [0.15, 0.2) is 35.4 Å². The standard InChI is InChI=1S/C11H15N3O/c1-3-12-13-9-11(15)14(2)10-7-5-4-6-8-10/h3-8,13H,9H2,1-2H3/b12-3+. The fourth-order valence-corrected chi connectivity index (χ4v) is 1.12. The summed E-state index contributed by atoms with van der Waals surface area (Å²) in [5, 5.41) is 3.77. The van der Waals surface area contributed by atoms with Crippen molar-refractivity contribution in [3.63, 3.8) is 0 Å². The van der Waals surface area contributed by atoms with E-state index in [0.29, 0.717) is 0 Å². The van der Waals surface area contributed by atoms with Gasteiger partial charge in [0, 0.05) is 18.9 Å². The quantitative estimate of drug-likeness (QED) is 0.594. The number of para-hydroxylation sites is 1. The summed E-state index contributed by atoms with van der Waals surface area (Å²) >= 11 is 0. The second kappa shape index (κ2) is 5.80. The van der Waals surface area contributed by atoms with Crippen molar-refractivity contribution in [3.8, 4) is 0 Å². The van der Waals surface area contributed by atoms with Gasteiger partial charge in [0.2, 0.25) is 5.91 Å². The van der Waals surface area contributed by atoms with Crippen LogP contribution < -0.4 is 10.3 Å². The van der Waals surface area contributed by atoms with Gasteiger partial charge in [-0.1, -0.05) is 18.2 Å². The summed E-state index contributed by atoms with van der Waals surface area (Å²) in [5.41, 5.74) is 3.54. The predicted molar refractivity (Wildman–Crippen MR) is 62.0 cm³/mol. The molecule has 0 aliphatic rings. The van der Waals surface area contributed by atoms with Gasteiger partial charge in [0.25, 0.3) is 0 Å². The van der Waals surface area contributed by atoms with Crippen LogP contribution in [0.25, 0.3) is 0 Å². The van der Waals surface area contributed by atoms with Crippen molar-refractivity contribution < 1.29 is 4.79 Å². The topological polar surface area (TPSA) is 44.7 Å². The lowest BCUT2D eigenvalue weighted by atomic mass is 10.3. The monoisotopic (exact) mass is 205 g/mol. The molecule has 4 heteroatoms. The number of carbonyl (C=O) groups is 1. The smallest absolute Gasteiger partial charge is 0.247 e. The highest BCUT2D eigenvalue weighted by Crippen LogP contribution is 2.10. The van der Waals surface area contributed by atoms with E-state index < -0.39 is 0 Å². The Balaban J connectivity index is 2.53. The van der Waals surface area contributed by atoms with Crippen molar-refractivity contribution in [1.29, 1.82) is 0 Å². The molecular weight excluding hydrogens is 190 g/mol. The number of carbonyl (C=O) groups excluding carboxylic acids is 1. The molecular formula is C11H15N3O. The molecule has 1 N–H and O–H groups in total. The number of hydrogen-bond acceptors (Lipinski definition) is 3. The Morgan fingerprint density at radius 3 is 2.73 bits per heavy atom. The van der Waals surface area contributed by atoms with Gasteiger partial charge in [-0.15, -0.1) is 0 Å². The molecule has 0 aliphatic heterocycles. The van der Waals surface area contributed by atoms with Gasteiger partial charge in [0.1, 0.15) is 6.54 Å². The van der Waals surface area contributed by atoms with E-state index in [9.17, 15) is 4.79 Å². The van der Waals surface area contributed by atoms with Gasteiger partial charge in [-0.25, -0.2) is 0 Å². The second-order valence-corrected chi connectivity index (χ2v) is 3.01. The summed E-state index contributed by atoms with van der Waals surface area (Å²) in [6.07, 6.45) is 1.61. The van der Waals surface area contributed by atoms with E-state index in [1.54, 1.807) is 25.1 Å². The molecule has 1 amide bonds. The number of benzene rings is 1. The molecule has 0 radical (unpaired) electrons. The van der Waals surface area contributed by atoms with Gasteiger partial charge in [0.15, 0.2) is 0 Å². The minimum Gasteiger partial charge on any atom is -0.314 e. The SMILES string of the molecule is C/C=N/NCC(=O)N(C)c1ccccc1. The molecule has 0 spiro atoms. The molecule has 1 aromatic rings. The van der Waals surface area contributed by atoms with Crippen molar-refractivity contribution >= 4 is 17.8 Å². The van der Waals surface area contributed by atoms with E-state index in [1.165, 1.54) is 0 Å². The van der Waals surface area contributed by atoms with Crippen molar-refractivity contribution in [2.24, 2.45) is 5.10 Å². The van der Waals surface area contributed by atoms with Crippen LogP contribution in [0.4, 0.5) is 5.69 Å². The number of rotatable bonds is 4. The Hall–Kier alpha value is -1.84. The predicted octanol–water partition coefficient (Wildman–Crippen LogP) is 1.24. The summed E-state index contributed by atoms with van der Waals surface area (Å²) in [6, 6.07) is 9.50. The first kappa shape index (κ1) is 11.2. The molecule has 0 heterocycles. The third kappa shape index (κ3) is 3.42. The normalized spacial score (nSPS) is 10.3. The van der Waals surface area contributed by atoms with E-state index in [4.69, 9.17) is 0 Å². The van der Waals surface area contributed by atoms with Crippen molar-refractivity contribution in [3.05, 3.63) is 30.3 Å². The maximum absolute atomic E-state index is 11.6. The van der Waals surface area contributed by atoms with Crippen LogP contribution in [-0.2, 0) is 4.79 Å². The lowest BCUT2D eigenvalue weighted by Crippen LogP contribution is -2.33. The zero-order chi connectivity index (χ0) is 11.1. The molecule has 0 aromatic heterocycles. The van der Waals surface area contributed by atoms with Crippen molar-refractivity contribution in [2.75, 3.05) is 18.5 Å². The molecule has 15 heavy (non-hydrogen) atoms. The fourth-order valence-electron chi connectivity index (χ4n) is 1.12. The number of hydrazone groups is 1. The highest BCUT2D eigenvalue weighted by atomic mass is 16.2. The number of nitrogens with one attached hydrogen (secondary N) is 1. The van der Waals surface area contributed by atoms with E-state index in [-0.39, 0.29) is 12.5 Å². The van der Waals surface area contributed by atoms with Crippen LogP contribution in [0.5, 0.6) is 0 Å². The fraction of sp³-hybridized carbons (Fsp3) is 0.273. The summed E-state index contributed by atoms with van der Waals surface area (Å²) < 4.78 is 0. The summed E-state index contributed by atoms with van der Waals surface area (Å²) in [6.45, 7) is 1.99.